The van der Waals surface area contributed by atoms with Crippen LogP contribution in [0.5, 0.6) is 0 Å². The largest absolute Gasteiger partial charge is 0.261 e. The van der Waals surface area contributed by atoms with E-state index >= 15 is 0 Å². The summed E-state index contributed by atoms with van der Waals surface area (Å²) in [4.78, 5) is 5.02. The van der Waals surface area contributed by atoms with Gasteiger partial charge in [0.25, 0.3) is 0 Å². The van der Waals surface area contributed by atoms with E-state index in [-0.39, 0.29) is 0 Å². The van der Waals surface area contributed by atoms with Gasteiger partial charge in [-0.25, -0.2) is 0 Å². The van der Waals surface area contributed by atoms with Gasteiger partial charge in [-0.1, -0.05) is 54.6 Å². The van der Waals surface area contributed by atoms with Gasteiger partial charge >= 0.3 is 0 Å². The van der Waals surface area contributed by atoms with Crippen LogP contribution >= 0.6 is 15.9 Å². The molecule has 0 saturated heterocycles. The highest BCUT2D eigenvalue weighted by Gasteiger charge is 2.20. The molecule has 1 fully saturated rings. The standard InChI is InChI=1S/C15H22BrN/c1-12(15-8-4-5-11-17-15)14(16)10-9-13-6-2-3-7-13/h4-5,8,11-14H,2-3,6-7,9-10H2,1H3. The van der Waals surface area contributed by atoms with Crippen molar-refractivity contribution >= 4 is 15.9 Å². The number of nitrogens with zero attached hydrogens (tertiary/aromatic N) is 1. The molecule has 2 heteroatoms. The Bertz CT molecular complexity index is 319. The molecule has 2 atom stereocenters. The van der Waals surface area contributed by atoms with Gasteiger partial charge in [-0.05, 0) is 30.9 Å². The number of halogens is 1. The lowest BCUT2D eigenvalue weighted by Crippen LogP contribution is -2.12. The van der Waals surface area contributed by atoms with E-state index in [0.29, 0.717) is 10.7 Å². The number of hydrogen-bond acceptors (Lipinski definition) is 1. The van der Waals surface area contributed by atoms with E-state index in [1.807, 2.05) is 12.3 Å². The van der Waals surface area contributed by atoms with Crippen molar-refractivity contribution in [1.29, 1.82) is 0 Å². The van der Waals surface area contributed by atoms with Crippen molar-refractivity contribution < 1.29 is 0 Å². The first-order chi connectivity index (χ1) is 8.27. The second kappa shape index (κ2) is 6.53. The molecule has 1 aromatic heterocycles. The molecular weight excluding hydrogens is 274 g/mol. The molecule has 0 amide bonds. The number of rotatable bonds is 5. The minimum atomic E-state index is 0.512. The van der Waals surface area contributed by atoms with E-state index in [1.165, 1.54) is 44.2 Å². The summed E-state index contributed by atoms with van der Waals surface area (Å²) in [6, 6.07) is 6.20. The Labute approximate surface area is 113 Å². The highest BCUT2D eigenvalue weighted by atomic mass is 79.9. The molecule has 1 nitrogen and oxygen atoms in total. The third kappa shape index (κ3) is 3.80. The van der Waals surface area contributed by atoms with Crippen LogP contribution in [0.4, 0.5) is 0 Å². The molecular formula is C15H22BrN. The summed E-state index contributed by atoms with van der Waals surface area (Å²) in [5.41, 5.74) is 1.21. The van der Waals surface area contributed by atoms with Gasteiger partial charge in [-0.2, -0.15) is 0 Å². The lowest BCUT2D eigenvalue weighted by Gasteiger charge is -2.19. The molecule has 2 unspecified atom stereocenters. The number of hydrogen-bond donors (Lipinski definition) is 0. The maximum absolute atomic E-state index is 4.45. The molecule has 0 bridgehead atoms. The average Bonchev–Trinajstić information content (AvgIpc) is 2.89. The molecule has 0 radical (unpaired) electrons. The minimum absolute atomic E-state index is 0.512. The fraction of sp³-hybridized carbons (Fsp3) is 0.667. The molecule has 94 valence electrons. The Morgan fingerprint density at radius 1 is 1.35 bits per heavy atom. The van der Waals surface area contributed by atoms with Gasteiger partial charge in [-0.15, -0.1) is 0 Å². The van der Waals surface area contributed by atoms with Crippen molar-refractivity contribution in [2.45, 2.75) is 56.2 Å². The van der Waals surface area contributed by atoms with E-state index in [2.05, 4.69) is 40.0 Å². The Kier molecular flexibility index (Phi) is 5.02. The van der Waals surface area contributed by atoms with Gasteiger partial charge in [0.05, 0.1) is 0 Å². The third-order valence-corrected chi connectivity index (χ3v) is 5.27. The number of pyridine rings is 1. The molecule has 1 aromatic rings. The fourth-order valence-electron chi connectivity index (χ4n) is 2.77. The topological polar surface area (TPSA) is 12.9 Å². The van der Waals surface area contributed by atoms with Crippen LogP contribution in [0.25, 0.3) is 0 Å². The molecule has 1 saturated carbocycles. The monoisotopic (exact) mass is 295 g/mol. The second-order valence-electron chi connectivity index (χ2n) is 5.29. The zero-order valence-electron chi connectivity index (χ0n) is 10.6. The van der Waals surface area contributed by atoms with Gasteiger partial charge < -0.3 is 0 Å². The Balaban J connectivity index is 1.80. The molecule has 1 heterocycles. The van der Waals surface area contributed by atoms with Crippen molar-refractivity contribution in [2.24, 2.45) is 5.92 Å². The Morgan fingerprint density at radius 3 is 2.76 bits per heavy atom. The SMILES string of the molecule is CC(c1ccccn1)C(Br)CCC1CCCC1. The quantitative estimate of drug-likeness (QED) is 0.703. The summed E-state index contributed by atoms with van der Waals surface area (Å²) < 4.78 is 0. The maximum Gasteiger partial charge on any atom is 0.0442 e. The summed E-state index contributed by atoms with van der Waals surface area (Å²) in [5, 5.41) is 0. The van der Waals surface area contributed by atoms with Gasteiger partial charge in [0.15, 0.2) is 0 Å². The molecule has 0 N–H and O–H groups in total. The zero-order chi connectivity index (χ0) is 12.1. The average molecular weight is 296 g/mol. The maximum atomic E-state index is 4.45. The summed E-state index contributed by atoms with van der Waals surface area (Å²) >= 11 is 3.85. The highest BCUT2D eigenvalue weighted by Crippen LogP contribution is 2.33. The molecule has 1 aliphatic carbocycles. The van der Waals surface area contributed by atoms with Gasteiger partial charge in [0.1, 0.15) is 0 Å². The van der Waals surface area contributed by atoms with Crippen molar-refractivity contribution in [3.05, 3.63) is 30.1 Å². The van der Waals surface area contributed by atoms with Crippen molar-refractivity contribution in [2.75, 3.05) is 0 Å². The van der Waals surface area contributed by atoms with E-state index in [4.69, 9.17) is 0 Å². The lowest BCUT2D eigenvalue weighted by atomic mass is 9.94. The Hall–Kier alpha value is -0.370. The summed E-state index contributed by atoms with van der Waals surface area (Å²) in [6.45, 7) is 2.27. The van der Waals surface area contributed by atoms with E-state index in [0.717, 1.165) is 5.92 Å². The summed E-state index contributed by atoms with van der Waals surface area (Å²) in [5.74, 6) is 1.50. The third-order valence-electron chi connectivity index (χ3n) is 4.02. The van der Waals surface area contributed by atoms with Crippen LogP contribution in [-0.2, 0) is 0 Å². The van der Waals surface area contributed by atoms with Crippen LogP contribution in [0.15, 0.2) is 24.4 Å². The van der Waals surface area contributed by atoms with E-state index in [9.17, 15) is 0 Å². The number of alkyl halides is 1. The second-order valence-corrected chi connectivity index (χ2v) is 6.46. The van der Waals surface area contributed by atoms with Crippen LogP contribution in [0, 0.1) is 5.92 Å². The first-order valence-corrected chi connectivity index (χ1v) is 7.74. The summed E-state index contributed by atoms with van der Waals surface area (Å²) in [7, 11) is 0. The predicted molar refractivity (Wildman–Crippen MR) is 76.6 cm³/mol. The fourth-order valence-corrected chi connectivity index (χ4v) is 3.31. The van der Waals surface area contributed by atoms with Crippen LogP contribution in [-0.4, -0.2) is 9.81 Å². The van der Waals surface area contributed by atoms with Gasteiger partial charge in [0, 0.05) is 22.6 Å². The highest BCUT2D eigenvalue weighted by molar-refractivity contribution is 9.09. The van der Waals surface area contributed by atoms with Gasteiger partial charge in [-0.3, -0.25) is 4.98 Å². The summed E-state index contributed by atoms with van der Waals surface area (Å²) in [6.07, 6.45) is 10.4. The first kappa shape index (κ1) is 13.1. The molecule has 1 aliphatic rings. The predicted octanol–water partition coefficient (Wildman–Crippen LogP) is 4.92. The minimum Gasteiger partial charge on any atom is -0.261 e. The van der Waals surface area contributed by atoms with E-state index in [1.54, 1.807) is 0 Å². The molecule has 0 aromatic carbocycles. The normalized spacial score (nSPS) is 20.4. The smallest absolute Gasteiger partial charge is 0.0442 e. The molecule has 2 rings (SSSR count). The van der Waals surface area contributed by atoms with Gasteiger partial charge in [0.2, 0.25) is 0 Å². The van der Waals surface area contributed by atoms with Crippen LogP contribution in [0.2, 0.25) is 0 Å². The van der Waals surface area contributed by atoms with Crippen molar-refractivity contribution in [3.63, 3.8) is 0 Å². The van der Waals surface area contributed by atoms with Crippen molar-refractivity contribution in [3.8, 4) is 0 Å². The molecule has 0 spiro atoms. The first-order valence-electron chi connectivity index (χ1n) is 6.82. The van der Waals surface area contributed by atoms with Crippen LogP contribution < -0.4 is 0 Å². The van der Waals surface area contributed by atoms with Crippen LogP contribution in [0.3, 0.4) is 0 Å². The van der Waals surface area contributed by atoms with E-state index < -0.39 is 0 Å². The number of aromatic nitrogens is 1. The zero-order valence-corrected chi connectivity index (χ0v) is 12.2. The van der Waals surface area contributed by atoms with Crippen molar-refractivity contribution in [1.82, 2.24) is 4.98 Å². The van der Waals surface area contributed by atoms with Crippen LogP contribution in [0.1, 0.15) is 57.1 Å². The molecule has 17 heavy (non-hydrogen) atoms. The Morgan fingerprint density at radius 2 is 2.12 bits per heavy atom. The molecule has 0 aliphatic heterocycles. The lowest BCUT2D eigenvalue weighted by molar-refractivity contribution is 0.466.